The van der Waals surface area contributed by atoms with Crippen molar-refractivity contribution in [2.75, 3.05) is 6.61 Å². The lowest BCUT2D eigenvalue weighted by Crippen LogP contribution is -2.17. The van der Waals surface area contributed by atoms with Crippen molar-refractivity contribution in [1.29, 1.82) is 0 Å². The number of carbonyl (C=O) groups excluding carboxylic acids is 2. The van der Waals surface area contributed by atoms with E-state index in [0.717, 1.165) is 5.56 Å². The van der Waals surface area contributed by atoms with Gasteiger partial charge in [0.2, 0.25) is 0 Å². The third kappa shape index (κ3) is 3.09. The lowest BCUT2D eigenvalue weighted by Gasteiger charge is -2.04. The quantitative estimate of drug-likeness (QED) is 0.487. The highest BCUT2D eigenvalue weighted by molar-refractivity contribution is 6.40. The first-order valence-corrected chi connectivity index (χ1v) is 6.19. The first kappa shape index (κ1) is 13.9. The SMILES string of the molecule is CCOC(=O)C(=O)c1ccc(-c2cccc(F)c2)cc1. The Morgan fingerprint density at radius 2 is 1.75 bits per heavy atom. The third-order valence-electron chi connectivity index (χ3n) is 2.77. The van der Waals surface area contributed by atoms with Gasteiger partial charge in [0.05, 0.1) is 6.61 Å². The number of hydrogen-bond acceptors (Lipinski definition) is 3. The molecular formula is C16H13FO3. The third-order valence-corrected chi connectivity index (χ3v) is 2.77. The Labute approximate surface area is 116 Å². The maximum Gasteiger partial charge on any atom is 0.379 e. The standard InChI is InChI=1S/C16H13FO3/c1-2-20-16(19)15(18)12-8-6-11(7-9-12)13-4-3-5-14(17)10-13/h3-10H,2H2,1H3. The molecule has 102 valence electrons. The molecular weight excluding hydrogens is 259 g/mol. The van der Waals surface area contributed by atoms with E-state index in [4.69, 9.17) is 0 Å². The van der Waals surface area contributed by atoms with Gasteiger partial charge in [0.1, 0.15) is 5.82 Å². The fraction of sp³-hybridized carbons (Fsp3) is 0.125. The summed E-state index contributed by atoms with van der Waals surface area (Å²) in [6, 6.07) is 12.5. The first-order chi connectivity index (χ1) is 9.61. The number of benzene rings is 2. The molecule has 0 heterocycles. The number of ether oxygens (including phenoxy) is 1. The van der Waals surface area contributed by atoms with Crippen LogP contribution in [0.5, 0.6) is 0 Å². The van der Waals surface area contributed by atoms with Crippen LogP contribution in [0.3, 0.4) is 0 Å². The van der Waals surface area contributed by atoms with Gasteiger partial charge in [-0.25, -0.2) is 9.18 Å². The normalized spacial score (nSPS) is 10.1. The Balaban J connectivity index is 2.22. The summed E-state index contributed by atoms with van der Waals surface area (Å²) in [5, 5.41) is 0. The summed E-state index contributed by atoms with van der Waals surface area (Å²) in [7, 11) is 0. The molecule has 3 nitrogen and oxygen atoms in total. The molecule has 0 amide bonds. The van der Waals surface area contributed by atoms with Gasteiger partial charge in [0, 0.05) is 5.56 Å². The van der Waals surface area contributed by atoms with Crippen LogP contribution in [0.4, 0.5) is 4.39 Å². The average Bonchev–Trinajstić information content (AvgIpc) is 2.47. The monoisotopic (exact) mass is 272 g/mol. The van der Waals surface area contributed by atoms with Crippen molar-refractivity contribution in [3.8, 4) is 11.1 Å². The highest BCUT2D eigenvalue weighted by Crippen LogP contribution is 2.20. The number of hydrogen-bond donors (Lipinski definition) is 0. The maximum absolute atomic E-state index is 13.1. The molecule has 0 saturated carbocycles. The summed E-state index contributed by atoms with van der Waals surface area (Å²) >= 11 is 0. The Kier molecular flexibility index (Phi) is 4.25. The number of rotatable bonds is 4. The summed E-state index contributed by atoms with van der Waals surface area (Å²) in [5.41, 5.74) is 1.73. The number of ketones is 1. The van der Waals surface area contributed by atoms with Crippen molar-refractivity contribution in [3.63, 3.8) is 0 Å². The Morgan fingerprint density at radius 1 is 1.05 bits per heavy atom. The van der Waals surface area contributed by atoms with Crippen molar-refractivity contribution < 1.29 is 18.7 Å². The van der Waals surface area contributed by atoms with E-state index in [1.54, 1.807) is 31.2 Å². The van der Waals surface area contributed by atoms with Gasteiger partial charge in [0.15, 0.2) is 0 Å². The van der Waals surface area contributed by atoms with E-state index in [1.165, 1.54) is 24.3 Å². The van der Waals surface area contributed by atoms with Crippen molar-refractivity contribution >= 4 is 11.8 Å². The summed E-state index contributed by atoms with van der Waals surface area (Å²) < 4.78 is 17.8. The highest BCUT2D eigenvalue weighted by Gasteiger charge is 2.17. The molecule has 2 aromatic rings. The number of carbonyl (C=O) groups is 2. The van der Waals surface area contributed by atoms with Gasteiger partial charge in [-0.3, -0.25) is 4.79 Å². The van der Waals surface area contributed by atoms with Crippen molar-refractivity contribution in [3.05, 3.63) is 59.9 Å². The van der Waals surface area contributed by atoms with Gasteiger partial charge in [-0.1, -0.05) is 36.4 Å². The van der Waals surface area contributed by atoms with E-state index in [9.17, 15) is 14.0 Å². The van der Waals surface area contributed by atoms with Crippen LogP contribution < -0.4 is 0 Å². The van der Waals surface area contributed by atoms with Crippen LogP contribution in [0.15, 0.2) is 48.5 Å². The molecule has 0 atom stereocenters. The van der Waals surface area contributed by atoms with Crippen LogP contribution >= 0.6 is 0 Å². The minimum Gasteiger partial charge on any atom is -0.460 e. The molecule has 20 heavy (non-hydrogen) atoms. The van der Waals surface area contributed by atoms with Crippen LogP contribution in [0.25, 0.3) is 11.1 Å². The number of esters is 1. The molecule has 0 fully saturated rings. The van der Waals surface area contributed by atoms with Crippen molar-refractivity contribution in [1.82, 2.24) is 0 Å². The molecule has 0 spiro atoms. The second kappa shape index (κ2) is 6.10. The lowest BCUT2D eigenvalue weighted by molar-refractivity contribution is -0.137. The van der Waals surface area contributed by atoms with Gasteiger partial charge in [0.25, 0.3) is 5.78 Å². The minimum atomic E-state index is -0.869. The topological polar surface area (TPSA) is 43.4 Å². The fourth-order valence-electron chi connectivity index (χ4n) is 1.80. The van der Waals surface area contributed by atoms with E-state index in [-0.39, 0.29) is 18.0 Å². The number of halogens is 1. The van der Waals surface area contributed by atoms with Crippen LogP contribution in [0.1, 0.15) is 17.3 Å². The average molecular weight is 272 g/mol. The van der Waals surface area contributed by atoms with E-state index < -0.39 is 11.8 Å². The molecule has 0 aliphatic heterocycles. The van der Waals surface area contributed by atoms with E-state index >= 15 is 0 Å². The maximum atomic E-state index is 13.1. The summed E-state index contributed by atoms with van der Waals surface area (Å²) in [6.07, 6.45) is 0. The molecule has 0 bridgehead atoms. The van der Waals surface area contributed by atoms with Gasteiger partial charge in [-0.05, 0) is 30.2 Å². The summed E-state index contributed by atoms with van der Waals surface area (Å²) in [5.74, 6) is -1.88. The molecule has 0 aliphatic rings. The highest BCUT2D eigenvalue weighted by atomic mass is 19.1. The van der Waals surface area contributed by atoms with Crippen LogP contribution in [0.2, 0.25) is 0 Å². The van der Waals surface area contributed by atoms with Crippen molar-refractivity contribution in [2.45, 2.75) is 6.92 Å². The Bertz CT molecular complexity index is 632. The largest absolute Gasteiger partial charge is 0.460 e. The predicted octanol–water partition coefficient (Wildman–Crippen LogP) is 3.24. The zero-order valence-electron chi connectivity index (χ0n) is 10.9. The van der Waals surface area contributed by atoms with E-state index in [2.05, 4.69) is 4.74 Å². The molecule has 0 saturated heterocycles. The zero-order valence-corrected chi connectivity index (χ0v) is 10.9. The molecule has 2 rings (SSSR count). The van der Waals surface area contributed by atoms with Crippen LogP contribution in [-0.4, -0.2) is 18.4 Å². The van der Waals surface area contributed by atoms with Gasteiger partial charge < -0.3 is 4.74 Å². The molecule has 0 aliphatic carbocycles. The molecule has 0 unspecified atom stereocenters. The van der Waals surface area contributed by atoms with Crippen molar-refractivity contribution in [2.24, 2.45) is 0 Å². The smallest absolute Gasteiger partial charge is 0.379 e. The van der Waals surface area contributed by atoms with Gasteiger partial charge >= 0.3 is 5.97 Å². The van der Waals surface area contributed by atoms with Crippen LogP contribution in [-0.2, 0) is 9.53 Å². The molecule has 0 N–H and O–H groups in total. The van der Waals surface area contributed by atoms with Gasteiger partial charge in [-0.2, -0.15) is 0 Å². The molecule has 4 heteroatoms. The Morgan fingerprint density at radius 3 is 2.35 bits per heavy atom. The molecule has 2 aromatic carbocycles. The second-order valence-corrected chi connectivity index (χ2v) is 4.14. The summed E-state index contributed by atoms with van der Waals surface area (Å²) in [6.45, 7) is 1.80. The van der Waals surface area contributed by atoms with E-state index in [0.29, 0.717) is 5.56 Å². The first-order valence-electron chi connectivity index (χ1n) is 6.19. The summed E-state index contributed by atoms with van der Waals surface area (Å²) in [4.78, 5) is 23.0. The number of Topliss-reactive ketones (excluding diaryl/α,β-unsaturated/α-hetero) is 1. The zero-order chi connectivity index (χ0) is 14.5. The molecule has 0 radical (unpaired) electrons. The van der Waals surface area contributed by atoms with Crippen LogP contribution in [0, 0.1) is 5.82 Å². The molecule has 0 aromatic heterocycles. The fourth-order valence-corrected chi connectivity index (χ4v) is 1.80. The second-order valence-electron chi connectivity index (χ2n) is 4.14. The lowest BCUT2D eigenvalue weighted by atomic mass is 10.0. The van der Waals surface area contributed by atoms with E-state index in [1.807, 2.05) is 0 Å². The van der Waals surface area contributed by atoms with Gasteiger partial charge in [-0.15, -0.1) is 0 Å². The predicted molar refractivity (Wildman–Crippen MR) is 72.8 cm³/mol. The Hall–Kier alpha value is -2.49. The minimum absolute atomic E-state index is 0.159.